The molecule has 1 rings (SSSR count). The van der Waals surface area contributed by atoms with Crippen LogP contribution in [0.4, 0.5) is 0 Å². The largest absolute Gasteiger partial charge is 0.487 e. The summed E-state index contributed by atoms with van der Waals surface area (Å²) in [6.07, 6.45) is 0.383. The summed E-state index contributed by atoms with van der Waals surface area (Å²) in [6.45, 7) is 5.19. The minimum Gasteiger partial charge on any atom is -0.487 e. The lowest BCUT2D eigenvalue weighted by Gasteiger charge is -2.18. The summed E-state index contributed by atoms with van der Waals surface area (Å²) < 4.78 is 17.1. The number of halogens is 1. The van der Waals surface area contributed by atoms with Gasteiger partial charge in [0.15, 0.2) is 6.29 Å². The van der Waals surface area contributed by atoms with Gasteiger partial charge in [0, 0.05) is 18.8 Å². The molecule has 4 nitrogen and oxygen atoms in total. The third-order valence-electron chi connectivity index (χ3n) is 2.17. The summed E-state index contributed by atoms with van der Waals surface area (Å²) >= 11 is 3.37. The van der Waals surface area contributed by atoms with Crippen LogP contribution in [0.15, 0.2) is 22.7 Å². The summed E-state index contributed by atoms with van der Waals surface area (Å²) in [4.78, 5) is 10.7. The van der Waals surface area contributed by atoms with Gasteiger partial charge >= 0.3 is 0 Å². The van der Waals surface area contributed by atoms with E-state index in [0.29, 0.717) is 24.5 Å². The highest BCUT2D eigenvalue weighted by molar-refractivity contribution is 9.10. The highest BCUT2D eigenvalue weighted by atomic mass is 79.9. The summed E-state index contributed by atoms with van der Waals surface area (Å²) in [5, 5.41) is 0. The Hall–Kier alpha value is -0.910. The Morgan fingerprint density at radius 2 is 1.94 bits per heavy atom. The van der Waals surface area contributed by atoms with Gasteiger partial charge in [-0.1, -0.05) is 6.07 Å². The van der Waals surface area contributed by atoms with E-state index in [1.165, 1.54) is 0 Å². The van der Waals surface area contributed by atoms with E-state index in [-0.39, 0.29) is 6.61 Å². The number of rotatable bonds is 8. The molecular weight excluding hydrogens is 300 g/mol. The van der Waals surface area contributed by atoms with Gasteiger partial charge in [0.25, 0.3) is 0 Å². The lowest BCUT2D eigenvalue weighted by molar-refractivity contribution is -0.152. The molecule has 0 bridgehead atoms. The quantitative estimate of drug-likeness (QED) is 0.546. The number of hydrogen-bond acceptors (Lipinski definition) is 4. The van der Waals surface area contributed by atoms with Gasteiger partial charge in [-0.25, -0.2) is 0 Å². The van der Waals surface area contributed by atoms with E-state index < -0.39 is 6.29 Å². The zero-order chi connectivity index (χ0) is 13.4. The number of ether oxygens (including phenoxy) is 3. The second-order valence-electron chi connectivity index (χ2n) is 3.46. The van der Waals surface area contributed by atoms with Crippen LogP contribution in [0.1, 0.15) is 24.2 Å². The zero-order valence-corrected chi connectivity index (χ0v) is 12.1. The lowest BCUT2D eigenvalue weighted by atomic mass is 10.2. The first-order chi connectivity index (χ1) is 8.71. The van der Waals surface area contributed by atoms with Crippen molar-refractivity contribution in [1.82, 2.24) is 0 Å². The molecular formula is C13H17BrO4. The van der Waals surface area contributed by atoms with Crippen molar-refractivity contribution in [1.29, 1.82) is 0 Å². The van der Waals surface area contributed by atoms with E-state index in [1.807, 2.05) is 13.8 Å². The molecule has 0 atom stereocenters. The molecule has 18 heavy (non-hydrogen) atoms. The molecule has 0 radical (unpaired) electrons. The maximum atomic E-state index is 10.7. The van der Waals surface area contributed by atoms with Crippen molar-refractivity contribution in [3.8, 4) is 5.75 Å². The average Bonchev–Trinajstić information content (AvgIpc) is 2.38. The maximum Gasteiger partial charge on any atom is 0.191 e. The van der Waals surface area contributed by atoms with Crippen LogP contribution in [-0.4, -0.2) is 32.4 Å². The molecule has 0 aliphatic rings. The van der Waals surface area contributed by atoms with Gasteiger partial charge in [-0.15, -0.1) is 0 Å². The fraction of sp³-hybridized carbons (Fsp3) is 0.462. The number of carbonyl (C=O) groups is 1. The molecule has 0 unspecified atom stereocenters. The van der Waals surface area contributed by atoms with E-state index in [1.54, 1.807) is 18.2 Å². The molecule has 100 valence electrons. The molecule has 1 aromatic carbocycles. The van der Waals surface area contributed by atoms with E-state index in [4.69, 9.17) is 14.2 Å². The Labute approximate surface area is 115 Å². The minimum absolute atomic E-state index is 0.280. The molecule has 0 saturated heterocycles. The van der Waals surface area contributed by atoms with Gasteiger partial charge in [0.1, 0.15) is 18.6 Å². The Morgan fingerprint density at radius 3 is 2.50 bits per heavy atom. The predicted octanol–water partition coefficient (Wildman–Crippen LogP) is 3.04. The highest BCUT2D eigenvalue weighted by Crippen LogP contribution is 2.25. The van der Waals surface area contributed by atoms with Gasteiger partial charge in [-0.3, -0.25) is 4.79 Å². The molecule has 0 aromatic heterocycles. The summed E-state index contributed by atoms with van der Waals surface area (Å²) in [5.41, 5.74) is 0.567. The number of aldehydes is 1. The smallest absolute Gasteiger partial charge is 0.191 e. The molecule has 0 N–H and O–H groups in total. The summed E-state index contributed by atoms with van der Waals surface area (Å²) in [6, 6.07) is 5.16. The Morgan fingerprint density at radius 1 is 1.28 bits per heavy atom. The fourth-order valence-corrected chi connectivity index (χ4v) is 1.74. The van der Waals surface area contributed by atoms with Crippen molar-refractivity contribution in [2.45, 2.75) is 20.1 Å². The minimum atomic E-state index is -0.396. The van der Waals surface area contributed by atoms with Gasteiger partial charge < -0.3 is 14.2 Å². The van der Waals surface area contributed by atoms with Crippen LogP contribution in [-0.2, 0) is 9.47 Å². The standard InChI is InChI=1S/C13H17BrO4/c1-3-16-13(17-4-2)9-18-12-7-10(8-15)5-6-11(12)14/h5-8,13H,3-4,9H2,1-2H3. The molecule has 0 aliphatic carbocycles. The second-order valence-corrected chi connectivity index (χ2v) is 4.31. The third-order valence-corrected chi connectivity index (χ3v) is 2.83. The van der Waals surface area contributed by atoms with E-state index in [9.17, 15) is 4.79 Å². The maximum absolute atomic E-state index is 10.7. The van der Waals surface area contributed by atoms with Gasteiger partial charge in [0.2, 0.25) is 0 Å². The predicted molar refractivity (Wildman–Crippen MR) is 72.1 cm³/mol. The normalized spacial score (nSPS) is 10.7. The zero-order valence-electron chi connectivity index (χ0n) is 10.5. The SMILES string of the molecule is CCOC(COc1cc(C=O)ccc1Br)OCC. The van der Waals surface area contributed by atoms with Crippen LogP contribution >= 0.6 is 15.9 Å². The molecule has 0 amide bonds. The molecule has 0 aliphatic heterocycles. The average molecular weight is 317 g/mol. The van der Waals surface area contributed by atoms with E-state index in [0.717, 1.165) is 10.8 Å². The monoisotopic (exact) mass is 316 g/mol. The van der Waals surface area contributed by atoms with Crippen LogP contribution in [0, 0.1) is 0 Å². The van der Waals surface area contributed by atoms with Crippen molar-refractivity contribution in [3.05, 3.63) is 28.2 Å². The number of benzene rings is 1. The van der Waals surface area contributed by atoms with E-state index >= 15 is 0 Å². The number of carbonyl (C=O) groups excluding carboxylic acids is 1. The van der Waals surface area contributed by atoms with Crippen LogP contribution in [0.3, 0.4) is 0 Å². The van der Waals surface area contributed by atoms with Crippen LogP contribution in [0.2, 0.25) is 0 Å². The Bertz CT molecular complexity index is 375. The van der Waals surface area contributed by atoms with Crippen molar-refractivity contribution in [3.63, 3.8) is 0 Å². The fourth-order valence-electron chi connectivity index (χ4n) is 1.38. The van der Waals surface area contributed by atoms with Gasteiger partial charge in [0.05, 0.1) is 4.47 Å². The first kappa shape index (κ1) is 15.1. The topological polar surface area (TPSA) is 44.8 Å². The van der Waals surface area contributed by atoms with Crippen LogP contribution in [0.25, 0.3) is 0 Å². The van der Waals surface area contributed by atoms with Crippen LogP contribution < -0.4 is 4.74 Å². The first-order valence-electron chi connectivity index (χ1n) is 5.82. The van der Waals surface area contributed by atoms with E-state index in [2.05, 4.69) is 15.9 Å². The van der Waals surface area contributed by atoms with Crippen molar-refractivity contribution in [2.75, 3.05) is 19.8 Å². The highest BCUT2D eigenvalue weighted by Gasteiger charge is 2.10. The molecule has 0 fully saturated rings. The molecule has 5 heteroatoms. The summed E-state index contributed by atoms with van der Waals surface area (Å²) in [5.74, 6) is 0.601. The Balaban J connectivity index is 2.62. The molecule has 0 heterocycles. The lowest BCUT2D eigenvalue weighted by Crippen LogP contribution is -2.25. The first-order valence-corrected chi connectivity index (χ1v) is 6.61. The molecule has 0 spiro atoms. The molecule has 0 saturated carbocycles. The number of hydrogen-bond donors (Lipinski definition) is 0. The molecule has 1 aromatic rings. The summed E-state index contributed by atoms with van der Waals surface area (Å²) in [7, 11) is 0. The van der Waals surface area contributed by atoms with Crippen LogP contribution in [0.5, 0.6) is 5.75 Å². The van der Waals surface area contributed by atoms with Crippen molar-refractivity contribution < 1.29 is 19.0 Å². The van der Waals surface area contributed by atoms with Gasteiger partial charge in [-0.05, 0) is 41.9 Å². The van der Waals surface area contributed by atoms with Crippen molar-refractivity contribution >= 4 is 22.2 Å². The third kappa shape index (κ3) is 4.76. The Kier molecular flexibility index (Phi) is 6.93. The van der Waals surface area contributed by atoms with Crippen molar-refractivity contribution in [2.24, 2.45) is 0 Å². The second kappa shape index (κ2) is 8.24. The van der Waals surface area contributed by atoms with Gasteiger partial charge in [-0.2, -0.15) is 0 Å².